The molecule has 1 aromatic carbocycles. The number of hydrogen-bond acceptors (Lipinski definition) is 3. The highest BCUT2D eigenvalue weighted by Crippen LogP contribution is 2.35. The topological polar surface area (TPSA) is 56.7 Å². The van der Waals surface area contributed by atoms with Gasteiger partial charge in [0.25, 0.3) is 0 Å². The normalized spacial score (nSPS) is 12.0. The summed E-state index contributed by atoms with van der Waals surface area (Å²) < 4.78 is 1.98. The number of anilines is 1. The largest absolute Gasteiger partial charge is 0.398 e. The Morgan fingerprint density at radius 2 is 1.78 bits per heavy atom. The van der Waals surface area contributed by atoms with Gasteiger partial charge in [-0.25, -0.2) is 9.67 Å². The average Bonchev–Trinajstić information content (AvgIpc) is 2.89. The van der Waals surface area contributed by atoms with Gasteiger partial charge in [-0.05, 0) is 39.7 Å². The first-order valence-electron chi connectivity index (χ1n) is 8.06. The van der Waals surface area contributed by atoms with Crippen LogP contribution in [0, 0.1) is 6.92 Å². The summed E-state index contributed by atoms with van der Waals surface area (Å²) in [6.45, 7) is 10.6. The molecule has 0 bridgehead atoms. The van der Waals surface area contributed by atoms with Gasteiger partial charge in [-0.2, -0.15) is 5.10 Å². The number of hydrogen-bond donors (Lipinski definition) is 1. The maximum atomic E-state index is 6.46. The second kappa shape index (κ2) is 5.37. The van der Waals surface area contributed by atoms with E-state index in [9.17, 15) is 0 Å². The summed E-state index contributed by atoms with van der Waals surface area (Å²) in [6, 6.07) is 8.40. The van der Waals surface area contributed by atoms with Crippen molar-refractivity contribution in [2.75, 3.05) is 5.73 Å². The van der Waals surface area contributed by atoms with Crippen molar-refractivity contribution < 1.29 is 0 Å². The van der Waals surface area contributed by atoms with Crippen molar-refractivity contribution in [1.29, 1.82) is 0 Å². The number of fused-ring (bicyclic) bond motifs is 1. The Morgan fingerprint density at radius 1 is 1.13 bits per heavy atom. The number of nitrogen functional groups attached to an aromatic ring is 1. The van der Waals surface area contributed by atoms with Crippen LogP contribution in [-0.4, -0.2) is 14.8 Å². The second-order valence-electron chi connectivity index (χ2n) is 7.05. The summed E-state index contributed by atoms with van der Waals surface area (Å²) in [5.41, 5.74) is 12.2. The first-order chi connectivity index (χ1) is 10.8. The molecule has 0 amide bonds. The first-order valence-corrected chi connectivity index (χ1v) is 8.06. The average molecular weight is 308 g/mol. The molecule has 23 heavy (non-hydrogen) atoms. The summed E-state index contributed by atoms with van der Waals surface area (Å²) in [5.74, 6) is 0. The van der Waals surface area contributed by atoms with Crippen LogP contribution in [0.4, 0.5) is 5.69 Å². The van der Waals surface area contributed by atoms with Crippen molar-refractivity contribution in [3.05, 3.63) is 41.6 Å². The number of pyridine rings is 1. The van der Waals surface area contributed by atoms with Crippen molar-refractivity contribution in [3.8, 4) is 11.3 Å². The number of nitrogens with two attached hydrogens (primary N) is 1. The van der Waals surface area contributed by atoms with Crippen molar-refractivity contribution >= 4 is 16.7 Å². The van der Waals surface area contributed by atoms with E-state index in [-0.39, 0.29) is 5.54 Å². The molecule has 4 heteroatoms. The van der Waals surface area contributed by atoms with Crippen LogP contribution < -0.4 is 5.73 Å². The number of benzene rings is 1. The maximum Gasteiger partial charge on any atom is 0.161 e. The zero-order valence-corrected chi connectivity index (χ0v) is 14.5. The number of aryl methyl sites for hydroxylation is 2. The molecule has 2 heterocycles. The van der Waals surface area contributed by atoms with Gasteiger partial charge in [0.1, 0.15) is 5.69 Å². The lowest BCUT2D eigenvalue weighted by molar-refractivity contribution is 0.367. The third kappa shape index (κ3) is 2.58. The maximum absolute atomic E-state index is 6.46. The minimum absolute atomic E-state index is 0.158. The van der Waals surface area contributed by atoms with Crippen LogP contribution in [0.15, 0.2) is 30.5 Å². The van der Waals surface area contributed by atoms with Crippen LogP contribution in [0.1, 0.15) is 38.8 Å². The van der Waals surface area contributed by atoms with E-state index in [2.05, 4.69) is 63.9 Å². The van der Waals surface area contributed by atoms with Crippen LogP contribution >= 0.6 is 0 Å². The van der Waals surface area contributed by atoms with E-state index in [1.54, 1.807) is 0 Å². The standard InChI is InChI=1S/C19H24N4/c1-6-13-11-21-18-15(16(13)20)17(22-23(18)19(3,4)5)14-9-7-12(2)8-10-14/h7-11H,6H2,1-5H3,(H2,20,21). The summed E-state index contributed by atoms with van der Waals surface area (Å²) in [7, 11) is 0. The SMILES string of the molecule is CCc1cnc2c(c(-c3ccc(C)cc3)nn2C(C)(C)C)c1N. The van der Waals surface area contributed by atoms with E-state index in [1.165, 1.54) is 5.56 Å². The van der Waals surface area contributed by atoms with Gasteiger partial charge in [0.05, 0.1) is 10.9 Å². The zero-order chi connectivity index (χ0) is 16.8. The lowest BCUT2D eigenvalue weighted by Crippen LogP contribution is -2.23. The Balaban J connectivity index is 2.38. The van der Waals surface area contributed by atoms with Crippen LogP contribution in [0.2, 0.25) is 0 Å². The van der Waals surface area contributed by atoms with Crippen LogP contribution in [0.5, 0.6) is 0 Å². The van der Waals surface area contributed by atoms with Gasteiger partial charge in [-0.1, -0.05) is 36.8 Å². The van der Waals surface area contributed by atoms with E-state index in [1.807, 2.05) is 10.9 Å². The Labute approximate surface area is 137 Å². The van der Waals surface area contributed by atoms with Crippen molar-refractivity contribution in [1.82, 2.24) is 14.8 Å². The summed E-state index contributed by atoms with van der Waals surface area (Å²) in [5, 5.41) is 5.83. The molecule has 0 fully saturated rings. The van der Waals surface area contributed by atoms with E-state index < -0.39 is 0 Å². The molecule has 0 radical (unpaired) electrons. The molecule has 0 aliphatic heterocycles. The van der Waals surface area contributed by atoms with Crippen molar-refractivity contribution in [3.63, 3.8) is 0 Å². The Kier molecular flexibility index (Phi) is 3.63. The predicted octanol–water partition coefficient (Wildman–Crippen LogP) is 4.31. The fourth-order valence-electron chi connectivity index (χ4n) is 2.81. The van der Waals surface area contributed by atoms with E-state index in [0.717, 1.165) is 40.0 Å². The lowest BCUT2D eigenvalue weighted by Gasteiger charge is -2.19. The molecule has 120 valence electrons. The molecule has 4 nitrogen and oxygen atoms in total. The highest BCUT2D eigenvalue weighted by atomic mass is 15.3. The Hall–Kier alpha value is -2.36. The smallest absolute Gasteiger partial charge is 0.161 e. The zero-order valence-electron chi connectivity index (χ0n) is 14.5. The van der Waals surface area contributed by atoms with E-state index in [4.69, 9.17) is 10.8 Å². The van der Waals surface area contributed by atoms with Crippen molar-refractivity contribution in [2.45, 2.75) is 46.6 Å². The van der Waals surface area contributed by atoms with Gasteiger partial charge in [-0.3, -0.25) is 0 Å². The van der Waals surface area contributed by atoms with E-state index >= 15 is 0 Å². The molecule has 0 saturated carbocycles. The van der Waals surface area contributed by atoms with Gasteiger partial charge in [0.2, 0.25) is 0 Å². The molecule has 0 atom stereocenters. The van der Waals surface area contributed by atoms with Gasteiger partial charge >= 0.3 is 0 Å². The molecule has 3 rings (SSSR count). The summed E-state index contributed by atoms with van der Waals surface area (Å²) in [6.07, 6.45) is 2.74. The fourth-order valence-corrected chi connectivity index (χ4v) is 2.81. The van der Waals surface area contributed by atoms with Crippen LogP contribution in [-0.2, 0) is 12.0 Å². The van der Waals surface area contributed by atoms with Gasteiger partial charge in [-0.15, -0.1) is 0 Å². The van der Waals surface area contributed by atoms with Crippen LogP contribution in [0.3, 0.4) is 0 Å². The molecule has 0 aliphatic carbocycles. The minimum atomic E-state index is -0.158. The monoisotopic (exact) mass is 308 g/mol. The highest BCUT2D eigenvalue weighted by molar-refractivity contribution is 6.00. The molecule has 0 aliphatic rings. The summed E-state index contributed by atoms with van der Waals surface area (Å²) >= 11 is 0. The highest BCUT2D eigenvalue weighted by Gasteiger charge is 2.24. The molecular weight excluding hydrogens is 284 g/mol. The van der Waals surface area contributed by atoms with E-state index in [0.29, 0.717) is 0 Å². The Bertz CT molecular complexity index is 852. The van der Waals surface area contributed by atoms with Gasteiger partial charge in [0.15, 0.2) is 5.65 Å². The molecular formula is C19H24N4. The third-order valence-electron chi connectivity index (χ3n) is 4.16. The second-order valence-corrected chi connectivity index (χ2v) is 7.05. The quantitative estimate of drug-likeness (QED) is 0.767. The molecule has 3 aromatic rings. The fraction of sp³-hybridized carbons (Fsp3) is 0.368. The number of aromatic nitrogens is 3. The lowest BCUT2D eigenvalue weighted by atomic mass is 10.0. The Morgan fingerprint density at radius 3 is 2.35 bits per heavy atom. The molecule has 2 N–H and O–H groups in total. The predicted molar refractivity (Wildman–Crippen MR) is 96.5 cm³/mol. The molecule has 2 aromatic heterocycles. The van der Waals surface area contributed by atoms with Crippen molar-refractivity contribution in [2.24, 2.45) is 0 Å². The molecule has 0 saturated heterocycles. The third-order valence-corrected chi connectivity index (χ3v) is 4.16. The molecule has 0 spiro atoms. The molecule has 0 unspecified atom stereocenters. The van der Waals surface area contributed by atoms with Gasteiger partial charge < -0.3 is 5.73 Å². The minimum Gasteiger partial charge on any atom is -0.398 e. The first kappa shape index (κ1) is 15.5. The number of nitrogens with zero attached hydrogens (tertiary/aromatic N) is 3. The van der Waals surface area contributed by atoms with Crippen LogP contribution in [0.25, 0.3) is 22.3 Å². The van der Waals surface area contributed by atoms with Gasteiger partial charge in [0, 0.05) is 17.4 Å². The summed E-state index contributed by atoms with van der Waals surface area (Å²) in [4.78, 5) is 4.66. The number of rotatable bonds is 2.